The van der Waals surface area contributed by atoms with Crippen molar-refractivity contribution < 1.29 is 5.11 Å². The summed E-state index contributed by atoms with van der Waals surface area (Å²) in [7, 11) is 0. The number of aliphatic hydroxyl groups excluding tert-OH is 1. The summed E-state index contributed by atoms with van der Waals surface area (Å²) in [5, 5.41) is 12.9. The highest BCUT2D eigenvalue weighted by atomic mass is 16.2. The topological polar surface area (TPSA) is 84.1 Å². The van der Waals surface area contributed by atoms with Crippen LogP contribution in [-0.4, -0.2) is 28.2 Å². The Morgan fingerprint density at radius 2 is 2.12 bits per heavy atom. The van der Waals surface area contributed by atoms with E-state index < -0.39 is 0 Å². The third kappa shape index (κ3) is 2.82. The summed E-state index contributed by atoms with van der Waals surface area (Å²) in [6.07, 6.45) is 3.23. The van der Waals surface area contributed by atoms with E-state index in [0.29, 0.717) is 5.69 Å². The fourth-order valence-corrected chi connectivity index (χ4v) is 1.66. The van der Waals surface area contributed by atoms with E-state index in [-0.39, 0.29) is 6.61 Å². The molecule has 5 nitrogen and oxygen atoms in total. The molecule has 0 amide bonds. The molecule has 1 aromatic heterocycles. The van der Waals surface area contributed by atoms with Crippen LogP contribution in [0, 0.1) is 0 Å². The van der Waals surface area contributed by atoms with Gasteiger partial charge in [0.25, 0.3) is 0 Å². The van der Waals surface area contributed by atoms with Gasteiger partial charge in [-0.05, 0) is 31.0 Å². The summed E-state index contributed by atoms with van der Waals surface area (Å²) in [6.45, 7) is 1.01. The molecule has 0 radical (unpaired) electrons. The van der Waals surface area contributed by atoms with Crippen LogP contribution in [0.25, 0.3) is 10.9 Å². The first kappa shape index (κ1) is 11.6. The van der Waals surface area contributed by atoms with E-state index >= 15 is 0 Å². The van der Waals surface area contributed by atoms with E-state index in [1.165, 1.54) is 6.33 Å². The van der Waals surface area contributed by atoms with Gasteiger partial charge in [0.1, 0.15) is 12.1 Å². The average Bonchev–Trinajstić information content (AvgIpc) is 2.34. The second kappa shape index (κ2) is 5.45. The Balaban J connectivity index is 2.16. The first-order chi connectivity index (χ1) is 8.31. The van der Waals surface area contributed by atoms with Crippen molar-refractivity contribution in [3.8, 4) is 0 Å². The van der Waals surface area contributed by atoms with Crippen molar-refractivity contribution in [3.63, 3.8) is 0 Å². The predicted molar refractivity (Wildman–Crippen MR) is 68.8 cm³/mol. The standard InChI is InChI=1S/C12H16N4O/c13-9-3-4-10-11(7-9)15-8-16-12(10)14-5-1-2-6-17/h3-4,7-8,17H,1-2,5-6,13H2,(H,14,15,16). The maximum Gasteiger partial charge on any atom is 0.137 e. The summed E-state index contributed by atoms with van der Waals surface area (Å²) in [4.78, 5) is 8.38. The number of hydrogen-bond acceptors (Lipinski definition) is 5. The minimum atomic E-state index is 0.225. The Hall–Kier alpha value is -1.88. The zero-order valence-corrected chi connectivity index (χ0v) is 9.56. The van der Waals surface area contributed by atoms with Crippen LogP contribution in [0.3, 0.4) is 0 Å². The van der Waals surface area contributed by atoms with Crippen molar-refractivity contribution in [3.05, 3.63) is 24.5 Å². The Labute approximate surface area is 99.7 Å². The summed E-state index contributed by atoms with van der Waals surface area (Å²) in [5.41, 5.74) is 7.24. The Bertz CT molecular complexity index is 501. The number of nitrogens with one attached hydrogen (secondary N) is 1. The molecule has 17 heavy (non-hydrogen) atoms. The molecule has 0 aliphatic heterocycles. The molecule has 0 aliphatic rings. The summed E-state index contributed by atoms with van der Waals surface area (Å²) in [5.74, 6) is 0.813. The molecule has 0 atom stereocenters. The number of anilines is 2. The van der Waals surface area contributed by atoms with Crippen LogP contribution in [-0.2, 0) is 0 Å². The number of hydrogen-bond donors (Lipinski definition) is 3. The minimum Gasteiger partial charge on any atom is -0.399 e. The van der Waals surface area contributed by atoms with Crippen molar-refractivity contribution >= 4 is 22.4 Å². The van der Waals surface area contributed by atoms with Crippen molar-refractivity contribution in [1.82, 2.24) is 9.97 Å². The molecular weight excluding hydrogens is 216 g/mol. The van der Waals surface area contributed by atoms with Crippen molar-refractivity contribution in [1.29, 1.82) is 0 Å². The second-order valence-corrected chi connectivity index (χ2v) is 3.86. The van der Waals surface area contributed by atoms with Gasteiger partial charge in [0.15, 0.2) is 0 Å². The van der Waals surface area contributed by atoms with E-state index in [2.05, 4.69) is 15.3 Å². The molecule has 1 heterocycles. The molecular formula is C12H16N4O. The highest BCUT2D eigenvalue weighted by Crippen LogP contribution is 2.20. The molecule has 4 N–H and O–H groups in total. The smallest absolute Gasteiger partial charge is 0.137 e. The van der Waals surface area contributed by atoms with Gasteiger partial charge >= 0.3 is 0 Å². The molecule has 0 saturated heterocycles. The third-order valence-corrected chi connectivity index (χ3v) is 2.54. The van der Waals surface area contributed by atoms with Crippen LogP contribution in [0.1, 0.15) is 12.8 Å². The quantitative estimate of drug-likeness (QED) is 0.536. The highest BCUT2D eigenvalue weighted by molar-refractivity contribution is 5.90. The van der Waals surface area contributed by atoms with Crippen LogP contribution >= 0.6 is 0 Å². The van der Waals surface area contributed by atoms with Crippen LogP contribution in [0.5, 0.6) is 0 Å². The zero-order valence-electron chi connectivity index (χ0n) is 9.56. The summed E-state index contributed by atoms with van der Waals surface area (Å²) in [6, 6.07) is 5.58. The molecule has 0 aliphatic carbocycles. The van der Waals surface area contributed by atoms with E-state index in [0.717, 1.165) is 36.1 Å². The molecule has 0 spiro atoms. The van der Waals surface area contributed by atoms with Crippen molar-refractivity contribution in [2.75, 3.05) is 24.2 Å². The first-order valence-corrected chi connectivity index (χ1v) is 5.66. The molecule has 5 heteroatoms. The highest BCUT2D eigenvalue weighted by Gasteiger charge is 2.02. The van der Waals surface area contributed by atoms with Gasteiger partial charge in [-0.3, -0.25) is 0 Å². The third-order valence-electron chi connectivity index (χ3n) is 2.54. The number of nitrogen functional groups attached to an aromatic ring is 1. The number of nitrogens with two attached hydrogens (primary N) is 1. The van der Waals surface area contributed by atoms with Gasteiger partial charge < -0.3 is 16.2 Å². The first-order valence-electron chi connectivity index (χ1n) is 5.66. The fraction of sp³-hybridized carbons (Fsp3) is 0.333. The van der Waals surface area contributed by atoms with Gasteiger partial charge in [-0.1, -0.05) is 0 Å². The van der Waals surface area contributed by atoms with Crippen LogP contribution in [0.2, 0.25) is 0 Å². The average molecular weight is 232 g/mol. The molecule has 90 valence electrons. The fourth-order valence-electron chi connectivity index (χ4n) is 1.66. The van der Waals surface area contributed by atoms with E-state index in [9.17, 15) is 0 Å². The van der Waals surface area contributed by atoms with Crippen LogP contribution < -0.4 is 11.1 Å². The molecule has 2 rings (SSSR count). The molecule has 0 unspecified atom stereocenters. The number of rotatable bonds is 5. The summed E-state index contributed by atoms with van der Waals surface area (Å²) < 4.78 is 0. The van der Waals surface area contributed by atoms with Crippen molar-refractivity contribution in [2.24, 2.45) is 0 Å². The van der Waals surface area contributed by atoms with Gasteiger partial charge in [-0.2, -0.15) is 0 Å². The van der Waals surface area contributed by atoms with Gasteiger partial charge in [-0.15, -0.1) is 0 Å². The zero-order chi connectivity index (χ0) is 12.1. The van der Waals surface area contributed by atoms with Gasteiger partial charge in [0.2, 0.25) is 0 Å². The molecule has 0 saturated carbocycles. The molecule has 2 aromatic rings. The number of aliphatic hydroxyl groups is 1. The van der Waals surface area contributed by atoms with Crippen LogP contribution in [0.4, 0.5) is 11.5 Å². The van der Waals surface area contributed by atoms with E-state index in [4.69, 9.17) is 10.8 Å². The maximum atomic E-state index is 8.70. The Morgan fingerprint density at radius 3 is 2.94 bits per heavy atom. The SMILES string of the molecule is Nc1ccc2c(NCCCCO)ncnc2c1. The molecule has 1 aromatic carbocycles. The number of fused-ring (bicyclic) bond motifs is 1. The van der Waals surface area contributed by atoms with Gasteiger partial charge in [0, 0.05) is 24.2 Å². The number of unbranched alkanes of at least 4 members (excludes halogenated alkanes) is 1. The minimum absolute atomic E-state index is 0.225. The second-order valence-electron chi connectivity index (χ2n) is 3.86. The van der Waals surface area contributed by atoms with Gasteiger partial charge in [0.05, 0.1) is 5.52 Å². The van der Waals surface area contributed by atoms with Gasteiger partial charge in [-0.25, -0.2) is 9.97 Å². The Kier molecular flexibility index (Phi) is 3.72. The lowest BCUT2D eigenvalue weighted by molar-refractivity contribution is 0.286. The molecule has 0 bridgehead atoms. The number of aromatic nitrogens is 2. The Morgan fingerprint density at radius 1 is 1.24 bits per heavy atom. The van der Waals surface area contributed by atoms with E-state index in [1.807, 2.05) is 18.2 Å². The lowest BCUT2D eigenvalue weighted by Crippen LogP contribution is -2.05. The summed E-state index contributed by atoms with van der Waals surface area (Å²) >= 11 is 0. The van der Waals surface area contributed by atoms with E-state index in [1.54, 1.807) is 0 Å². The molecule has 0 fully saturated rings. The number of nitrogens with zero attached hydrogens (tertiary/aromatic N) is 2. The normalized spacial score (nSPS) is 10.6. The lowest BCUT2D eigenvalue weighted by atomic mass is 10.2. The predicted octanol–water partition coefficient (Wildman–Crippen LogP) is 1.40. The van der Waals surface area contributed by atoms with Crippen LogP contribution in [0.15, 0.2) is 24.5 Å². The van der Waals surface area contributed by atoms with Crippen molar-refractivity contribution in [2.45, 2.75) is 12.8 Å². The monoisotopic (exact) mass is 232 g/mol. The lowest BCUT2D eigenvalue weighted by Gasteiger charge is -2.07. The number of benzene rings is 1. The maximum absolute atomic E-state index is 8.70. The largest absolute Gasteiger partial charge is 0.399 e.